The number of nitriles is 1. The lowest BCUT2D eigenvalue weighted by Crippen LogP contribution is -2.36. The summed E-state index contributed by atoms with van der Waals surface area (Å²) in [6, 6.07) is 2.16. The van der Waals surface area contributed by atoms with Gasteiger partial charge in [0.15, 0.2) is 0 Å². The minimum Gasteiger partial charge on any atom is -0.271 e. The number of nitrogens with one attached hydrogen (secondary N) is 1. The Morgan fingerprint density at radius 2 is 2.12 bits per heavy atom. The van der Waals surface area contributed by atoms with Crippen LogP contribution in [0.15, 0.2) is 0 Å². The first-order valence-electron chi connectivity index (χ1n) is 2.58. The first kappa shape index (κ1) is 7.41. The van der Waals surface area contributed by atoms with Gasteiger partial charge in [0.05, 0.1) is 12.0 Å². The molecule has 0 fully saturated rings. The van der Waals surface area contributed by atoms with Crippen LogP contribution in [0.2, 0.25) is 0 Å². The molecule has 0 aliphatic carbocycles. The molecule has 46 valence electrons. The van der Waals surface area contributed by atoms with Crippen molar-refractivity contribution >= 4 is 0 Å². The molecule has 0 amide bonds. The second kappa shape index (κ2) is 3.42. The molecule has 0 saturated heterocycles. The maximum atomic E-state index is 8.29. The molecule has 8 heavy (non-hydrogen) atoms. The van der Waals surface area contributed by atoms with Crippen molar-refractivity contribution in [2.24, 2.45) is 11.8 Å². The van der Waals surface area contributed by atoms with Crippen molar-refractivity contribution in [3.05, 3.63) is 0 Å². The largest absolute Gasteiger partial charge is 0.271 e. The van der Waals surface area contributed by atoms with E-state index in [4.69, 9.17) is 11.1 Å². The zero-order chi connectivity index (χ0) is 6.57. The molecule has 0 aliphatic rings. The zero-order valence-corrected chi connectivity index (χ0v) is 5.18. The van der Waals surface area contributed by atoms with Crippen LogP contribution in [0.25, 0.3) is 0 Å². The number of hydrogen-bond donors (Lipinski definition) is 2. The van der Waals surface area contributed by atoms with E-state index in [2.05, 4.69) is 11.5 Å². The van der Waals surface area contributed by atoms with Gasteiger partial charge in [0.1, 0.15) is 0 Å². The van der Waals surface area contributed by atoms with Crippen molar-refractivity contribution in [1.82, 2.24) is 5.43 Å². The minimum atomic E-state index is -0.0139. The summed E-state index contributed by atoms with van der Waals surface area (Å²) in [5.74, 6) is 5.03. The third kappa shape index (κ3) is 1.92. The van der Waals surface area contributed by atoms with Crippen molar-refractivity contribution in [1.29, 1.82) is 5.26 Å². The van der Waals surface area contributed by atoms with Crippen molar-refractivity contribution in [3.63, 3.8) is 0 Å². The highest BCUT2D eigenvalue weighted by Crippen LogP contribution is 1.96. The van der Waals surface area contributed by atoms with E-state index in [0.29, 0.717) is 0 Å². The van der Waals surface area contributed by atoms with Crippen LogP contribution in [0, 0.1) is 17.2 Å². The quantitative estimate of drug-likeness (QED) is 0.391. The molecule has 0 saturated carbocycles. The molecule has 1 unspecified atom stereocenters. The Balaban J connectivity index is 3.49. The van der Waals surface area contributed by atoms with Crippen molar-refractivity contribution in [2.75, 3.05) is 0 Å². The lowest BCUT2D eigenvalue weighted by Gasteiger charge is -2.09. The Morgan fingerprint density at radius 1 is 1.62 bits per heavy atom. The van der Waals surface area contributed by atoms with Gasteiger partial charge in [-0.2, -0.15) is 5.26 Å². The van der Waals surface area contributed by atoms with Gasteiger partial charge in [-0.1, -0.05) is 0 Å². The Labute approximate surface area is 49.5 Å². The van der Waals surface area contributed by atoms with E-state index in [1.807, 2.05) is 13.8 Å². The highest BCUT2D eigenvalue weighted by Gasteiger charge is 2.06. The van der Waals surface area contributed by atoms with E-state index in [9.17, 15) is 0 Å². The zero-order valence-electron chi connectivity index (χ0n) is 5.18. The third-order valence-corrected chi connectivity index (χ3v) is 1.22. The maximum Gasteiger partial charge on any atom is 0.0669 e. The van der Waals surface area contributed by atoms with Crippen LogP contribution >= 0.6 is 0 Å². The molecule has 0 aromatic heterocycles. The lowest BCUT2D eigenvalue weighted by molar-refractivity contribution is 0.480. The fourth-order valence-corrected chi connectivity index (χ4v) is 0.256. The molecule has 0 radical (unpaired) electrons. The average Bonchev–Trinajstić information content (AvgIpc) is 1.84. The molecule has 0 spiro atoms. The van der Waals surface area contributed by atoms with Crippen molar-refractivity contribution < 1.29 is 0 Å². The smallest absolute Gasteiger partial charge is 0.0669 e. The van der Waals surface area contributed by atoms with Crippen LogP contribution < -0.4 is 11.3 Å². The Kier molecular flexibility index (Phi) is 3.16. The highest BCUT2D eigenvalue weighted by molar-refractivity contribution is 4.85. The van der Waals surface area contributed by atoms with E-state index < -0.39 is 0 Å². The summed E-state index contributed by atoms with van der Waals surface area (Å²) >= 11 is 0. The van der Waals surface area contributed by atoms with Gasteiger partial charge >= 0.3 is 0 Å². The topological polar surface area (TPSA) is 61.8 Å². The third-order valence-electron chi connectivity index (χ3n) is 1.22. The number of nitrogens with zero attached hydrogens (tertiary/aromatic N) is 1. The Hall–Kier alpha value is -0.590. The summed E-state index contributed by atoms with van der Waals surface area (Å²) in [7, 11) is 0. The fraction of sp³-hybridized carbons (Fsp3) is 0.800. The number of hydrazine groups is 1. The molecule has 0 heterocycles. The van der Waals surface area contributed by atoms with Gasteiger partial charge in [-0.25, -0.2) is 0 Å². The van der Waals surface area contributed by atoms with Crippen LogP contribution in [-0.4, -0.2) is 6.04 Å². The van der Waals surface area contributed by atoms with Gasteiger partial charge in [-0.05, 0) is 13.8 Å². The molecule has 3 heteroatoms. The summed E-state index contributed by atoms with van der Waals surface area (Å²) in [5.41, 5.74) is 2.49. The van der Waals surface area contributed by atoms with Crippen LogP contribution in [0.3, 0.4) is 0 Å². The molecule has 0 aliphatic heterocycles. The molecule has 3 nitrogen and oxygen atoms in total. The van der Waals surface area contributed by atoms with E-state index >= 15 is 0 Å². The maximum absolute atomic E-state index is 8.29. The molecule has 0 aromatic rings. The molecule has 0 rings (SSSR count). The van der Waals surface area contributed by atoms with E-state index in [1.165, 1.54) is 0 Å². The SMILES string of the molecule is CC(NN)[C@H](C)C#N. The minimum absolute atomic E-state index is 0.0139. The summed E-state index contributed by atoms with van der Waals surface area (Å²) in [6.07, 6.45) is 0. The number of hydrogen-bond acceptors (Lipinski definition) is 3. The second-order valence-corrected chi connectivity index (χ2v) is 1.87. The van der Waals surface area contributed by atoms with Crippen LogP contribution in [0.1, 0.15) is 13.8 Å². The predicted molar refractivity (Wildman–Crippen MR) is 31.6 cm³/mol. The van der Waals surface area contributed by atoms with Gasteiger partial charge in [-0.15, -0.1) is 0 Å². The van der Waals surface area contributed by atoms with E-state index in [1.54, 1.807) is 0 Å². The number of nitrogens with two attached hydrogens (primary N) is 1. The first-order chi connectivity index (χ1) is 3.72. The van der Waals surface area contributed by atoms with Gasteiger partial charge in [0.2, 0.25) is 0 Å². The van der Waals surface area contributed by atoms with Crippen LogP contribution in [0.5, 0.6) is 0 Å². The van der Waals surface area contributed by atoms with Gasteiger partial charge in [0, 0.05) is 6.04 Å². The fourth-order valence-electron chi connectivity index (χ4n) is 0.256. The molecule has 3 N–H and O–H groups in total. The predicted octanol–water partition coefficient (Wildman–Crippen LogP) is -0.00212. The molecule has 2 atom stereocenters. The molecular weight excluding hydrogens is 102 g/mol. The molecule has 0 bridgehead atoms. The summed E-state index contributed by atoms with van der Waals surface area (Å²) in [5, 5.41) is 8.29. The van der Waals surface area contributed by atoms with Crippen molar-refractivity contribution in [2.45, 2.75) is 19.9 Å². The van der Waals surface area contributed by atoms with Gasteiger partial charge < -0.3 is 0 Å². The molecular formula is C5H11N3. The Bertz CT molecular complexity index is 94.3. The van der Waals surface area contributed by atoms with E-state index in [0.717, 1.165) is 0 Å². The monoisotopic (exact) mass is 113 g/mol. The normalized spacial score (nSPS) is 16.8. The van der Waals surface area contributed by atoms with Crippen LogP contribution in [-0.2, 0) is 0 Å². The second-order valence-electron chi connectivity index (χ2n) is 1.87. The van der Waals surface area contributed by atoms with Gasteiger partial charge in [-0.3, -0.25) is 11.3 Å². The highest BCUT2D eigenvalue weighted by atomic mass is 15.2. The van der Waals surface area contributed by atoms with E-state index in [-0.39, 0.29) is 12.0 Å². The summed E-state index contributed by atoms with van der Waals surface area (Å²) < 4.78 is 0. The summed E-state index contributed by atoms with van der Waals surface area (Å²) in [4.78, 5) is 0. The Morgan fingerprint density at radius 3 is 2.25 bits per heavy atom. The lowest BCUT2D eigenvalue weighted by atomic mass is 10.1. The first-order valence-corrected chi connectivity index (χ1v) is 2.58. The standard InChI is InChI=1S/C5H11N3/c1-4(3-6)5(2)8-7/h4-5,8H,7H2,1-2H3/t4-,5?/m1/s1. The molecule has 0 aromatic carbocycles. The van der Waals surface area contributed by atoms with Crippen molar-refractivity contribution in [3.8, 4) is 6.07 Å². The summed E-state index contributed by atoms with van der Waals surface area (Å²) in [6.45, 7) is 3.69. The average molecular weight is 113 g/mol. The van der Waals surface area contributed by atoms with Crippen LogP contribution in [0.4, 0.5) is 0 Å². The number of rotatable bonds is 2. The van der Waals surface area contributed by atoms with Gasteiger partial charge in [0.25, 0.3) is 0 Å².